The molecule has 0 bridgehead atoms. The molecule has 1 aliphatic rings. The van der Waals surface area contributed by atoms with Gasteiger partial charge in [-0.05, 0) is 11.6 Å². The number of carbonyl (C=O) groups is 2. The van der Waals surface area contributed by atoms with Crippen LogP contribution in [0, 0.1) is 10.1 Å². The van der Waals surface area contributed by atoms with E-state index in [0.717, 1.165) is 6.08 Å². The van der Waals surface area contributed by atoms with Crippen LogP contribution in [0.2, 0.25) is 0 Å². The van der Waals surface area contributed by atoms with E-state index in [0.29, 0.717) is 11.3 Å². The summed E-state index contributed by atoms with van der Waals surface area (Å²) in [5.41, 5.74) is 1.11. The number of aliphatic carboxylic acids is 1. The van der Waals surface area contributed by atoms with E-state index in [1.807, 2.05) is 0 Å². The Kier molecular flexibility index (Phi) is 3.28. The Labute approximate surface area is 107 Å². The zero-order valence-corrected chi connectivity index (χ0v) is 9.78. The highest BCUT2D eigenvalue weighted by molar-refractivity contribution is 6.02. The van der Waals surface area contributed by atoms with Gasteiger partial charge < -0.3 is 10.0 Å². The molecule has 0 saturated carbocycles. The van der Waals surface area contributed by atoms with Gasteiger partial charge in [-0.1, -0.05) is 6.08 Å². The second-order valence-corrected chi connectivity index (χ2v) is 3.99. The van der Waals surface area contributed by atoms with Crippen LogP contribution in [0.5, 0.6) is 0 Å². The van der Waals surface area contributed by atoms with Crippen molar-refractivity contribution in [3.63, 3.8) is 0 Å². The predicted octanol–water partition coefficient (Wildman–Crippen LogP) is 1.12. The molecule has 1 aromatic rings. The third-order valence-corrected chi connectivity index (χ3v) is 2.76. The minimum absolute atomic E-state index is 0.0607. The number of nitro benzene ring substituents is 1. The lowest BCUT2D eigenvalue weighted by Gasteiger charge is -2.14. The van der Waals surface area contributed by atoms with Crippen molar-refractivity contribution in [2.75, 3.05) is 11.4 Å². The summed E-state index contributed by atoms with van der Waals surface area (Å²) in [6, 6.07) is 4.20. The van der Waals surface area contributed by atoms with Gasteiger partial charge in [0.15, 0.2) is 0 Å². The van der Waals surface area contributed by atoms with Crippen molar-refractivity contribution < 1.29 is 19.6 Å². The molecule has 0 atom stereocenters. The second-order valence-electron chi connectivity index (χ2n) is 3.99. The number of carbonyl (C=O) groups excluding carboxylic acids is 1. The molecule has 2 rings (SSSR count). The SMILES string of the molecule is O=C(O)C=CCN1C(=O)Cc2cc([N+](=O)[O-])ccc21. The van der Waals surface area contributed by atoms with Gasteiger partial charge in [0.25, 0.3) is 5.69 Å². The van der Waals surface area contributed by atoms with Gasteiger partial charge in [-0.3, -0.25) is 14.9 Å². The Balaban J connectivity index is 2.24. The standard InChI is InChI=1S/C12H10N2O5/c15-11-7-8-6-9(14(18)19)3-4-10(8)13(11)5-1-2-12(16)17/h1-4,6H,5,7H2,(H,16,17). The summed E-state index contributed by atoms with van der Waals surface area (Å²) in [5, 5.41) is 19.1. The highest BCUT2D eigenvalue weighted by atomic mass is 16.6. The average molecular weight is 262 g/mol. The van der Waals surface area contributed by atoms with Crippen LogP contribution >= 0.6 is 0 Å². The first kappa shape index (κ1) is 12.7. The van der Waals surface area contributed by atoms with E-state index in [4.69, 9.17) is 5.11 Å². The minimum atomic E-state index is -1.09. The number of hydrogen-bond acceptors (Lipinski definition) is 4. The summed E-state index contributed by atoms with van der Waals surface area (Å²) in [6.45, 7) is 0.135. The van der Waals surface area contributed by atoms with E-state index in [-0.39, 0.29) is 24.6 Å². The Morgan fingerprint density at radius 2 is 2.26 bits per heavy atom. The van der Waals surface area contributed by atoms with Crippen molar-refractivity contribution in [1.29, 1.82) is 0 Å². The van der Waals surface area contributed by atoms with Crippen molar-refractivity contribution in [3.8, 4) is 0 Å². The lowest BCUT2D eigenvalue weighted by Crippen LogP contribution is -2.26. The van der Waals surface area contributed by atoms with E-state index in [1.165, 1.54) is 29.2 Å². The summed E-state index contributed by atoms with van der Waals surface area (Å²) in [4.78, 5) is 33.6. The summed E-state index contributed by atoms with van der Waals surface area (Å²) in [5.74, 6) is -1.29. The van der Waals surface area contributed by atoms with Crippen molar-refractivity contribution in [1.82, 2.24) is 0 Å². The second kappa shape index (κ2) is 4.89. The van der Waals surface area contributed by atoms with Gasteiger partial charge in [0.2, 0.25) is 5.91 Å². The molecule has 1 amide bonds. The van der Waals surface area contributed by atoms with Gasteiger partial charge in [0.1, 0.15) is 0 Å². The number of benzene rings is 1. The molecular formula is C12H10N2O5. The minimum Gasteiger partial charge on any atom is -0.478 e. The monoisotopic (exact) mass is 262 g/mol. The van der Waals surface area contributed by atoms with Crippen molar-refractivity contribution in [3.05, 3.63) is 46.0 Å². The summed E-state index contributed by atoms with van der Waals surface area (Å²) >= 11 is 0. The number of carboxylic acids is 1. The largest absolute Gasteiger partial charge is 0.478 e. The van der Waals surface area contributed by atoms with Gasteiger partial charge in [-0.2, -0.15) is 0 Å². The van der Waals surface area contributed by atoms with E-state index >= 15 is 0 Å². The number of nitrogens with zero attached hydrogens (tertiary/aromatic N) is 2. The molecule has 0 aliphatic carbocycles. The molecule has 98 valence electrons. The zero-order chi connectivity index (χ0) is 14.0. The number of amides is 1. The maximum absolute atomic E-state index is 11.8. The molecule has 7 heteroatoms. The van der Waals surface area contributed by atoms with Crippen LogP contribution in [-0.4, -0.2) is 28.5 Å². The fraction of sp³-hybridized carbons (Fsp3) is 0.167. The molecule has 1 heterocycles. The highest BCUT2D eigenvalue weighted by Gasteiger charge is 2.27. The number of rotatable bonds is 4. The first-order valence-electron chi connectivity index (χ1n) is 5.46. The average Bonchev–Trinajstić information content (AvgIpc) is 2.64. The first-order valence-corrected chi connectivity index (χ1v) is 5.46. The smallest absolute Gasteiger partial charge is 0.328 e. The van der Waals surface area contributed by atoms with E-state index in [1.54, 1.807) is 0 Å². The zero-order valence-electron chi connectivity index (χ0n) is 9.78. The Morgan fingerprint density at radius 3 is 2.89 bits per heavy atom. The maximum Gasteiger partial charge on any atom is 0.328 e. The predicted molar refractivity (Wildman–Crippen MR) is 65.9 cm³/mol. The molecule has 0 aromatic heterocycles. The van der Waals surface area contributed by atoms with Crippen LogP contribution in [-0.2, 0) is 16.0 Å². The molecule has 0 fully saturated rings. The summed E-state index contributed by atoms with van der Waals surface area (Å²) < 4.78 is 0. The molecule has 19 heavy (non-hydrogen) atoms. The normalized spacial score (nSPS) is 13.9. The summed E-state index contributed by atoms with van der Waals surface area (Å²) in [6.07, 6.45) is 2.41. The lowest BCUT2D eigenvalue weighted by molar-refractivity contribution is -0.384. The van der Waals surface area contributed by atoms with E-state index in [9.17, 15) is 19.7 Å². The number of fused-ring (bicyclic) bond motifs is 1. The molecule has 1 N–H and O–H groups in total. The van der Waals surface area contributed by atoms with Gasteiger partial charge in [0, 0.05) is 30.4 Å². The molecule has 7 nitrogen and oxygen atoms in total. The molecule has 0 unspecified atom stereocenters. The molecule has 0 saturated heterocycles. The fourth-order valence-electron chi connectivity index (χ4n) is 1.94. The maximum atomic E-state index is 11.8. The third kappa shape index (κ3) is 2.59. The Bertz CT molecular complexity index is 594. The van der Waals surface area contributed by atoms with Crippen LogP contribution in [0.25, 0.3) is 0 Å². The van der Waals surface area contributed by atoms with Crippen LogP contribution in [0.1, 0.15) is 5.56 Å². The van der Waals surface area contributed by atoms with Crippen molar-refractivity contribution in [2.24, 2.45) is 0 Å². The van der Waals surface area contributed by atoms with Crippen LogP contribution < -0.4 is 4.90 Å². The van der Waals surface area contributed by atoms with Crippen LogP contribution in [0.4, 0.5) is 11.4 Å². The number of carboxylic acid groups (broad SMARTS) is 1. The van der Waals surface area contributed by atoms with E-state index < -0.39 is 10.9 Å². The Hall–Kier alpha value is -2.70. The van der Waals surface area contributed by atoms with Crippen molar-refractivity contribution in [2.45, 2.75) is 6.42 Å². The van der Waals surface area contributed by atoms with Gasteiger partial charge >= 0.3 is 5.97 Å². The van der Waals surface area contributed by atoms with Crippen LogP contribution in [0.3, 0.4) is 0 Å². The lowest BCUT2D eigenvalue weighted by atomic mass is 10.1. The molecular weight excluding hydrogens is 252 g/mol. The molecule has 1 aliphatic heterocycles. The van der Waals surface area contributed by atoms with Gasteiger partial charge in [0.05, 0.1) is 11.3 Å². The van der Waals surface area contributed by atoms with Crippen molar-refractivity contribution >= 4 is 23.3 Å². The number of hydrogen-bond donors (Lipinski definition) is 1. The van der Waals surface area contributed by atoms with Gasteiger partial charge in [-0.15, -0.1) is 0 Å². The van der Waals surface area contributed by atoms with Crippen LogP contribution in [0.15, 0.2) is 30.4 Å². The molecule has 0 spiro atoms. The molecule has 0 radical (unpaired) electrons. The Morgan fingerprint density at radius 1 is 1.53 bits per heavy atom. The number of non-ortho nitro benzene ring substituents is 1. The van der Waals surface area contributed by atoms with Gasteiger partial charge in [-0.25, -0.2) is 4.79 Å². The fourth-order valence-corrected chi connectivity index (χ4v) is 1.94. The third-order valence-electron chi connectivity index (χ3n) is 2.76. The quantitative estimate of drug-likeness (QED) is 0.498. The number of nitro groups is 1. The molecule has 1 aromatic carbocycles. The highest BCUT2D eigenvalue weighted by Crippen LogP contribution is 2.31. The number of anilines is 1. The topological polar surface area (TPSA) is 101 Å². The first-order chi connectivity index (χ1) is 8.99. The van der Waals surface area contributed by atoms with E-state index in [2.05, 4.69) is 0 Å². The summed E-state index contributed by atoms with van der Waals surface area (Å²) in [7, 11) is 0.